The van der Waals surface area contributed by atoms with Crippen LogP contribution in [0.25, 0.3) is 0 Å². The van der Waals surface area contributed by atoms with Gasteiger partial charge < -0.3 is 10.1 Å². The van der Waals surface area contributed by atoms with Gasteiger partial charge in [-0.2, -0.15) is 0 Å². The molecule has 0 radical (unpaired) electrons. The van der Waals surface area contributed by atoms with Crippen molar-refractivity contribution in [2.75, 3.05) is 13.2 Å². The Morgan fingerprint density at radius 3 is 2.92 bits per heavy atom. The van der Waals surface area contributed by atoms with E-state index in [0.717, 1.165) is 25.5 Å². The van der Waals surface area contributed by atoms with Crippen molar-refractivity contribution in [3.8, 4) is 0 Å². The van der Waals surface area contributed by atoms with Crippen molar-refractivity contribution in [1.29, 1.82) is 0 Å². The Morgan fingerprint density at radius 1 is 1.62 bits per heavy atom. The molecule has 13 heavy (non-hydrogen) atoms. The molecule has 1 atom stereocenters. The molecule has 0 aromatic rings. The molecule has 1 heterocycles. The largest absolute Gasteiger partial charge is 0.496 e. The highest BCUT2D eigenvalue weighted by Crippen LogP contribution is 2.34. The van der Waals surface area contributed by atoms with E-state index in [9.17, 15) is 0 Å². The number of rotatable bonds is 4. The molecule has 0 spiro atoms. The molecule has 1 unspecified atom stereocenters. The van der Waals surface area contributed by atoms with Crippen LogP contribution in [0.5, 0.6) is 0 Å². The van der Waals surface area contributed by atoms with Crippen LogP contribution >= 0.6 is 0 Å². The van der Waals surface area contributed by atoms with Gasteiger partial charge in [-0.25, -0.2) is 0 Å². The molecule has 0 saturated heterocycles. The predicted molar refractivity (Wildman–Crippen MR) is 53.5 cm³/mol. The van der Waals surface area contributed by atoms with Crippen molar-refractivity contribution in [1.82, 2.24) is 5.32 Å². The number of hydrogen-bond donors (Lipinski definition) is 1. The number of ether oxygens (including phenoxy) is 1. The summed E-state index contributed by atoms with van der Waals surface area (Å²) in [6, 6.07) is 0.515. The maximum Gasteiger partial charge on any atom is 0.109 e. The molecule has 0 aromatic carbocycles. The van der Waals surface area contributed by atoms with Gasteiger partial charge in [-0.15, -0.1) is 0 Å². The summed E-state index contributed by atoms with van der Waals surface area (Å²) < 4.78 is 5.62. The SMILES string of the molecule is CCNC(C1=CCCO1)C1CCC1. The van der Waals surface area contributed by atoms with Crippen LogP contribution < -0.4 is 5.32 Å². The number of hydrogen-bond acceptors (Lipinski definition) is 2. The first-order valence-electron chi connectivity index (χ1n) is 5.48. The van der Waals surface area contributed by atoms with Crippen molar-refractivity contribution >= 4 is 0 Å². The first kappa shape index (κ1) is 9.07. The Kier molecular flexibility index (Phi) is 2.89. The lowest BCUT2D eigenvalue weighted by atomic mass is 9.79. The molecule has 2 heteroatoms. The maximum atomic E-state index is 5.62. The first-order chi connectivity index (χ1) is 6.42. The minimum atomic E-state index is 0.515. The highest BCUT2D eigenvalue weighted by molar-refractivity contribution is 5.10. The third-order valence-electron chi connectivity index (χ3n) is 3.08. The van der Waals surface area contributed by atoms with Crippen LogP contribution in [-0.4, -0.2) is 19.2 Å². The van der Waals surface area contributed by atoms with E-state index in [2.05, 4.69) is 18.3 Å². The van der Waals surface area contributed by atoms with E-state index in [0.29, 0.717) is 6.04 Å². The summed E-state index contributed by atoms with van der Waals surface area (Å²) in [5, 5.41) is 3.53. The maximum absolute atomic E-state index is 5.62. The van der Waals surface area contributed by atoms with Crippen LogP contribution in [0.4, 0.5) is 0 Å². The summed E-state index contributed by atoms with van der Waals surface area (Å²) >= 11 is 0. The molecule has 0 amide bonds. The molecular weight excluding hydrogens is 162 g/mol. The minimum Gasteiger partial charge on any atom is -0.496 e. The Hall–Kier alpha value is -0.500. The highest BCUT2D eigenvalue weighted by Gasteiger charge is 2.31. The van der Waals surface area contributed by atoms with Gasteiger partial charge in [-0.3, -0.25) is 0 Å². The van der Waals surface area contributed by atoms with Crippen molar-refractivity contribution in [2.24, 2.45) is 5.92 Å². The molecule has 2 aliphatic rings. The smallest absolute Gasteiger partial charge is 0.109 e. The zero-order chi connectivity index (χ0) is 9.10. The van der Waals surface area contributed by atoms with Gasteiger partial charge in [0.1, 0.15) is 5.76 Å². The van der Waals surface area contributed by atoms with E-state index in [-0.39, 0.29) is 0 Å². The molecule has 1 aliphatic heterocycles. The van der Waals surface area contributed by atoms with Gasteiger partial charge >= 0.3 is 0 Å². The van der Waals surface area contributed by atoms with E-state index in [1.165, 1.54) is 25.0 Å². The van der Waals surface area contributed by atoms with E-state index in [4.69, 9.17) is 4.74 Å². The fourth-order valence-corrected chi connectivity index (χ4v) is 2.15. The van der Waals surface area contributed by atoms with Gasteiger partial charge in [0.05, 0.1) is 12.6 Å². The average molecular weight is 181 g/mol. The Labute approximate surface area is 80.4 Å². The number of likely N-dealkylation sites (N-methyl/N-ethyl adjacent to an activating group) is 1. The monoisotopic (exact) mass is 181 g/mol. The summed E-state index contributed by atoms with van der Waals surface area (Å²) in [7, 11) is 0. The van der Waals surface area contributed by atoms with Crippen molar-refractivity contribution in [3.63, 3.8) is 0 Å². The second-order valence-electron chi connectivity index (χ2n) is 3.97. The zero-order valence-corrected chi connectivity index (χ0v) is 8.38. The fraction of sp³-hybridized carbons (Fsp3) is 0.818. The number of nitrogens with one attached hydrogen (secondary N) is 1. The Balaban J connectivity index is 1.94. The molecule has 1 N–H and O–H groups in total. The van der Waals surface area contributed by atoms with E-state index >= 15 is 0 Å². The van der Waals surface area contributed by atoms with Gasteiger partial charge in [0.2, 0.25) is 0 Å². The lowest BCUT2D eigenvalue weighted by Gasteiger charge is -2.34. The van der Waals surface area contributed by atoms with Crippen molar-refractivity contribution in [3.05, 3.63) is 11.8 Å². The zero-order valence-electron chi connectivity index (χ0n) is 8.38. The molecule has 0 aromatic heterocycles. The summed E-state index contributed by atoms with van der Waals surface area (Å²) in [5.74, 6) is 2.05. The summed E-state index contributed by atoms with van der Waals surface area (Å²) in [5.41, 5.74) is 0. The van der Waals surface area contributed by atoms with Gasteiger partial charge in [-0.05, 0) is 31.4 Å². The molecule has 0 bridgehead atoms. The lowest BCUT2D eigenvalue weighted by Crippen LogP contribution is -2.41. The van der Waals surface area contributed by atoms with Crippen molar-refractivity contribution < 1.29 is 4.74 Å². The fourth-order valence-electron chi connectivity index (χ4n) is 2.15. The van der Waals surface area contributed by atoms with Crippen molar-refractivity contribution in [2.45, 2.75) is 38.6 Å². The normalized spacial score (nSPS) is 24.8. The van der Waals surface area contributed by atoms with Gasteiger partial charge in [0, 0.05) is 6.42 Å². The molecule has 74 valence electrons. The topological polar surface area (TPSA) is 21.3 Å². The van der Waals surface area contributed by atoms with Crippen LogP contribution in [0.15, 0.2) is 11.8 Å². The average Bonchev–Trinajstić information content (AvgIpc) is 2.51. The van der Waals surface area contributed by atoms with Crippen LogP contribution in [0, 0.1) is 5.92 Å². The van der Waals surface area contributed by atoms with Crippen LogP contribution in [-0.2, 0) is 4.74 Å². The van der Waals surface area contributed by atoms with Crippen LogP contribution in [0.3, 0.4) is 0 Å². The summed E-state index contributed by atoms with van der Waals surface area (Å²) in [4.78, 5) is 0. The van der Waals surface area contributed by atoms with E-state index in [1.807, 2.05) is 0 Å². The molecule has 1 saturated carbocycles. The molecule has 1 fully saturated rings. The molecule has 2 rings (SSSR count). The summed E-state index contributed by atoms with van der Waals surface area (Å²) in [6.45, 7) is 4.10. The molecule has 1 aliphatic carbocycles. The van der Waals surface area contributed by atoms with Crippen LogP contribution in [0.2, 0.25) is 0 Å². The van der Waals surface area contributed by atoms with Gasteiger partial charge in [0.25, 0.3) is 0 Å². The van der Waals surface area contributed by atoms with E-state index < -0.39 is 0 Å². The van der Waals surface area contributed by atoms with E-state index in [1.54, 1.807) is 0 Å². The minimum absolute atomic E-state index is 0.515. The molecule has 2 nitrogen and oxygen atoms in total. The quantitative estimate of drug-likeness (QED) is 0.717. The van der Waals surface area contributed by atoms with Crippen LogP contribution in [0.1, 0.15) is 32.6 Å². The lowest BCUT2D eigenvalue weighted by molar-refractivity contribution is 0.160. The molecular formula is C11H19NO. The second kappa shape index (κ2) is 4.14. The standard InChI is InChI=1S/C11H19NO/c1-2-12-11(9-5-3-6-9)10-7-4-8-13-10/h7,9,11-12H,2-6,8H2,1H3. The Morgan fingerprint density at radius 2 is 2.46 bits per heavy atom. The van der Waals surface area contributed by atoms with Gasteiger partial charge in [-0.1, -0.05) is 13.3 Å². The van der Waals surface area contributed by atoms with Gasteiger partial charge in [0.15, 0.2) is 0 Å². The predicted octanol–water partition coefficient (Wildman–Crippen LogP) is 2.07. The second-order valence-corrected chi connectivity index (χ2v) is 3.97. The third kappa shape index (κ3) is 1.88. The highest BCUT2D eigenvalue weighted by atomic mass is 16.5. The first-order valence-corrected chi connectivity index (χ1v) is 5.48. The third-order valence-corrected chi connectivity index (χ3v) is 3.08. The Bertz CT molecular complexity index is 196. The summed E-state index contributed by atoms with van der Waals surface area (Å²) in [6.07, 6.45) is 7.51.